The lowest BCUT2D eigenvalue weighted by Crippen LogP contribution is -2.24. The third-order valence-electron chi connectivity index (χ3n) is 4.09. The molecule has 1 aromatic carbocycles. The van der Waals surface area contributed by atoms with Crippen molar-refractivity contribution in [3.05, 3.63) is 23.5 Å². The molecular formula is C15H20ClN3O. The van der Waals surface area contributed by atoms with Gasteiger partial charge in [0.05, 0.1) is 17.7 Å². The average molecular weight is 294 g/mol. The minimum Gasteiger partial charge on any atom is -0.508 e. The summed E-state index contributed by atoms with van der Waals surface area (Å²) in [5.74, 6) is 1.04. The predicted octanol–water partition coefficient (Wildman–Crippen LogP) is 3.47. The zero-order chi connectivity index (χ0) is 14.1. The van der Waals surface area contributed by atoms with E-state index in [0.29, 0.717) is 5.28 Å². The van der Waals surface area contributed by atoms with E-state index in [1.165, 1.54) is 19.3 Å². The smallest absolute Gasteiger partial charge is 0.204 e. The molecule has 0 spiro atoms. The van der Waals surface area contributed by atoms with Gasteiger partial charge in [-0.15, -0.1) is 0 Å². The number of rotatable bonds is 4. The van der Waals surface area contributed by atoms with Gasteiger partial charge in [0.15, 0.2) is 0 Å². The molecule has 108 valence electrons. The molecule has 4 nitrogen and oxygen atoms in total. The van der Waals surface area contributed by atoms with Gasteiger partial charge in [-0.1, -0.05) is 13.3 Å². The maximum absolute atomic E-state index is 9.51. The van der Waals surface area contributed by atoms with Crippen LogP contribution in [0.1, 0.15) is 26.2 Å². The summed E-state index contributed by atoms with van der Waals surface area (Å²) in [5, 5.41) is 10.00. The van der Waals surface area contributed by atoms with Crippen molar-refractivity contribution >= 4 is 22.6 Å². The monoisotopic (exact) mass is 293 g/mol. The fourth-order valence-electron chi connectivity index (χ4n) is 3.11. The predicted molar refractivity (Wildman–Crippen MR) is 81.0 cm³/mol. The molecule has 1 aliphatic heterocycles. The topological polar surface area (TPSA) is 41.3 Å². The summed E-state index contributed by atoms with van der Waals surface area (Å²) in [4.78, 5) is 6.74. The van der Waals surface area contributed by atoms with Crippen molar-refractivity contribution in [3.63, 3.8) is 0 Å². The number of halogens is 1. The largest absolute Gasteiger partial charge is 0.508 e. The van der Waals surface area contributed by atoms with Gasteiger partial charge in [0.1, 0.15) is 5.75 Å². The SMILES string of the molecule is CCCC1CCN(Cn2c(Cl)nc3cc(O)ccc32)C1. The first-order chi connectivity index (χ1) is 9.67. The van der Waals surface area contributed by atoms with Gasteiger partial charge in [0, 0.05) is 19.2 Å². The number of benzene rings is 1. The summed E-state index contributed by atoms with van der Waals surface area (Å²) in [7, 11) is 0. The molecule has 0 radical (unpaired) electrons. The van der Waals surface area contributed by atoms with E-state index in [1.54, 1.807) is 12.1 Å². The zero-order valence-electron chi connectivity index (χ0n) is 11.7. The highest BCUT2D eigenvalue weighted by molar-refractivity contribution is 6.29. The van der Waals surface area contributed by atoms with Crippen LogP contribution in [-0.4, -0.2) is 32.6 Å². The Morgan fingerprint density at radius 2 is 2.30 bits per heavy atom. The number of hydrogen-bond donors (Lipinski definition) is 1. The molecule has 0 aliphatic carbocycles. The number of likely N-dealkylation sites (tertiary alicyclic amines) is 1. The lowest BCUT2D eigenvalue weighted by molar-refractivity contribution is 0.261. The Kier molecular flexibility index (Phi) is 3.85. The summed E-state index contributed by atoms with van der Waals surface area (Å²) in [6.45, 7) is 5.29. The van der Waals surface area contributed by atoms with E-state index >= 15 is 0 Å². The first kappa shape index (κ1) is 13.7. The summed E-state index contributed by atoms with van der Waals surface area (Å²) >= 11 is 6.24. The number of nitrogens with zero attached hydrogens (tertiary/aromatic N) is 3. The minimum absolute atomic E-state index is 0.225. The summed E-state index contributed by atoms with van der Waals surface area (Å²) in [6.07, 6.45) is 3.84. The van der Waals surface area contributed by atoms with Gasteiger partial charge >= 0.3 is 0 Å². The van der Waals surface area contributed by atoms with E-state index in [2.05, 4.69) is 16.8 Å². The standard InChI is InChI=1S/C15H20ClN3O/c1-2-3-11-6-7-18(9-11)10-19-14-5-4-12(20)8-13(14)17-15(19)16/h4-5,8,11,20H,2-3,6-7,9-10H2,1H3. The molecule has 0 bridgehead atoms. The molecule has 1 saturated heterocycles. The highest BCUT2D eigenvalue weighted by Gasteiger charge is 2.23. The Hall–Kier alpha value is -1.26. The highest BCUT2D eigenvalue weighted by Crippen LogP contribution is 2.26. The molecule has 2 heterocycles. The number of hydrogen-bond acceptors (Lipinski definition) is 3. The molecule has 0 saturated carbocycles. The maximum Gasteiger partial charge on any atom is 0.204 e. The number of fused-ring (bicyclic) bond motifs is 1. The third kappa shape index (κ3) is 2.63. The second-order valence-corrected chi connectivity index (χ2v) is 5.98. The molecule has 1 N–H and O–H groups in total. The van der Waals surface area contributed by atoms with Crippen LogP contribution in [0.2, 0.25) is 5.28 Å². The number of imidazole rings is 1. The first-order valence-electron chi connectivity index (χ1n) is 7.24. The van der Waals surface area contributed by atoms with E-state index < -0.39 is 0 Å². The van der Waals surface area contributed by atoms with Crippen molar-refractivity contribution in [3.8, 4) is 5.75 Å². The fraction of sp³-hybridized carbons (Fsp3) is 0.533. The van der Waals surface area contributed by atoms with E-state index in [4.69, 9.17) is 11.6 Å². The van der Waals surface area contributed by atoms with Crippen LogP contribution in [0.15, 0.2) is 18.2 Å². The van der Waals surface area contributed by atoms with Crippen molar-refractivity contribution in [1.29, 1.82) is 0 Å². The molecule has 3 rings (SSSR count). The second-order valence-electron chi connectivity index (χ2n) is 5.64. The van der Waals surface area contributed by atoms with Crippen LogP contribution < -0.4 is 0 Å². The summed E-state index contributed by atoms with van der Waals surface area (Å²) < 4.78 is 2.02. The van der Waals surface area contributed by atoms with Gasteiger partial charge in [0.25, 0.3) is 0 Å². The fourth-order valence-corrected chi connectivity index (χ4v) is 3.34. The lowest BCUT2D eigenvalue weighted by atomic mass is 10.0. The van der Waals surface area contributed by atoms with Crippen LogP contribution in [0, 0.1) is 5.92 Å². The maximum atomic E-state index is 9.51. The lowest BCUT2D eigenvalue weighted by Gasteiger charge is -2.17. The molecule has 1 fully saturated rings. The normalized spacial score (nSPS) is 20.0. The number of phenolic OH excluding ortho intramolecular Hbond substituents is 1. The van der Waals surface area contributed by atoms with Crippen molar-refractivity contribution in [2.45, 2.75) is 32.9 Å². The molecule has 1 aliphatic rings. The first-order valence-corrected chi connectivity index (χ1v) is 7.62. The number of aromatic hydroxyl groups is 1. The Balaban J connectivity index is 1.79. The molecule has 1 unspecified atom stereocenters. The zero-order valence-corrected chi connectivity index (χ0v) is 12.5. The van der Waals surface area contributed by atoms with E-state index in [-0.39, 0.29) is 5.75 Å². The summed E-state index contributed by atoms with van der Waals surface area (Å²) in [6, 6.07) is 5.21. The Bertz CT molecular complexity index is 610. The van der Waals surface area contributed by atoms with Crippen LogP contribution >= 0.6 is 11.6 Å². The minimum atomic E-state index is 0.225. The van der Waals surface area contributed by atoms with Gasteiger partial charge in [0.2, 0.25) is 5.28 Å². The molecule has 1 atom stereocenters. The second kappa shape index (κ2) is 5.62. The van der Waals surface area contributed by atoms with E-state index in [9.17, 15) is 5.11 Å². The molecule has 1 aromatic heterocycles. The Morgan fingerprint density at radius 3 is 3.10 bits per heavy atom. The van der Waals surface area contributed by atoms with Crippen molar-refractivity contribution in [2.75, 3.05) is 13.1 Å². The van der Waals surface area contributed by atoms with Crippen LogP contribution in [0.3, 0.4) is 0 Å². The van der Waals surface area contributed by atoms with Gasteiger partial charge in [-0.3, -0.25) is 4.90 Å². The molecule has 5 heteroatoms. The van der Waals surface area contributed by atoms with Crippen LogP contribution in [0.25, 0.3) is 11.0 Å². The third-order valence-corrected chi connectivity index (χ3v) is 4.38. The van der Waals surface area contributed by atoms with Crippen LogP contribution in [0.4, 0.5) is 0 Å². The van der Waals surface area contributed by atoms with E-state index in [0.717, 1.165) is 36.7 Å². The van der Waals surface area contributed by atoms with Gasteiger partial charge in [-0.25, -0.2) is 4.98 Å². The van der Waals surface area contributed by atoms with E-state index in [1.807, 2.05) is 10.6 Å². The van der Waals surface area contributed by atoms with Crippen molar-refractivity contribution < 1.29 is 5.11 Å². The van der Waals surface area contributed by atoms with Gasteiger partial charge < -0.3 is 9.67 Å². The molecule has 2 aromatic rings. The van der Waals surface area contributed by atoms with Crippen LogP contribution in [0.5, 0.6) is 5.75 Å². The average Bonchev–Trinajstić information content (AvgIpc) is 2.96. The van der Waals surface area contributed by atoms with Crippen LogP contribution in [-0.2, 0) is 6.67 Å². The quantitative estimate of drug-likeness (QED) is 0.938. The summed E-state index contributed by atoms with van der Waals surface area (Å²) in [5.41, 5.74) is 1.73. The molecular weight excluding hydrogens is 274 g/mol. The Labute approximate surface area is 124 Å². The Morgan fingerprint density at radius 1 is 1.45 bits per heavy atom. The number of phenols is 1. The highest BCUT2D eigenvalue weighted by atomic mass is 35.5. The molecule has 20 heavy (non-hydrogen) atoms. The van der Waals surface area contributed by atoms with Gasteiger partial charge in [-0.2, -0.15) is 0 Å². The van der Waals surface area contributed by atoms with Gasteiger partial charge in [-0.05, 0) is 42.5 Å². The molecule has 0 amide bonds. The van der Waals surface area contributed by atoms with Crippen molar-refractivity contribution in [2.24, 2.45) is 5.92 Å². The number of aromatic nitrogens is 2. The van der Waals surface area contributed by atoms with Crippen molar-refractivity contribution in [1.82, 2.24) is 14.5 Å².